The van der Waals surface area contributed by atoms with Crippen LogP contribution in [0.3, 0.4) is 0 Å². The van der Waals surface area contributed by atoms with Gasteiger partial charge in [0, 0.05) is 6.42 Å². The van der Waals surface area contributed by atoms with Crippen LogP contribution in [0.4, 0.5) is 0 Å². The number of hydrazone groups is 1. The number of ketones is 1. The van der Waals surface area contributed by atoms with Crippen molar-refractivity contribution in [3.8, 4) is 0 Å². The fraction of sp³-hybridized carbons (Fsp3) is 0.300. The number of nitrogens with zero attached hydrogens (tertiary/aromatic N) is 2. The number of carbonyl (C=O) groups is 1. The second-order valence-corrected chi connectivity index (χ2v) is 2.96. The van der Waals surface area contributed by atoms with Crippen molar-refractivity contribution in [1.82, 2.24) is 4.98 Å². The Morgan fingerprint density at radius 2 is 2.36 bits per heavy atom. The molecule has 0 unspecified atom stereocenters. The number of aromatic nitrogens is 1. The van der Waals surface area contributed by atoms with Gasteiger partial charge in [-0.3, -0.25) is 4.79 Å². The van der Waals surface area contributed by atoms with E-state index in [1.807, 2.05) is 19.9 Å². The average molecular weight is 191 g/mol. The first-order valence-electron chi connectivity index (χ1n) is 4.43. The van der Waals surface area contributed by atoms with Gasteiger partial charge >= 0.3 is 0 Å². The van der Waals surface area contributed by atoms with Crippen molar-refractivity contribution in [2.24, 2.45) is 10.9 Å². The molecule has 74 valence electrons. The van der Waals surface area contributed by atoms with Gasteiger partial charge < -0.3 is 5.84 Å². The van der Waals surface area contributed by atoms with E-state index in [-0.39, 0.29) is 5.78 Å². The first-order valence-corrected chi connectivity index (χ1v) is 4.43. The molecular formula is C10H13N3O. The van der Waals surface area contributed by atoms with Gasteiger partial charge in [-0.05, 0) is 18.6 Å². The second kappa shape index (κ2) is 4.50. The fourth-order valence-corrected chi connectivity index (χ4v) is 1.14. The van der Waals surface area contributed by atoms with Crippen molar-refractivity contribution in [1.29, 1.82) is 0 Å². The lowest BCUT2D eigenvalue weighted by atomic mass is 10.1. The van der Waals surface area contributed by atoms with Gasteiger partial charge in [-0.2, -0.15) is 5.10 Å². The molecule has 0 fully saturated rings. The normalized spacial score (nSPS) is 10.7. The van der Waals surface area contributed by atoms with Crippen LogP contribution >= 0.6 is 0 Å². The van der Waals surface area contributed by atoms with Crippen LogP contribution < -0.4 is 5.84 Å². The maximum Gasteiger partial charge on any atom is 0.181 e. The highest BCUT2D eigenvalue weighted by Gasteiger charge is 2.08. The van der Waals surface area contributed by atoms with Gasteiger partial charge in [0.2, 0.25) is 0 Å². The first kappa shape index (κ1) is 10.4. The average Bonchev–Trinajstić information content (AvgIpc) is 2.20. The van der Waals surface area contributed by atoms with Gasteiger partial charge in [-0.25, -0.2) is 4.98 Å². The van der Waals surface area contributed by atoms with E-state index in [9.17, 15) is 4.79 Å². The molecule has 0 aliphatic heterocycles. The van der Waals surface area contributed by atoms with E-state index in [1.54, 1.807) is 6.07 Å². The molecule has 1 heterocycles. The molecule has 1 rings (SSSR count). The van der Waals surface area contributed by atoms with Crippen LogP contribution in [0.1, 0.15) is 35.1 Å². The zero-order valence-electron chi connectivity index (χ0n) is 8.32. The number of nitrogens with two attached hydrogens (primary N) is 1. The summed E-state index contributed by atoms with van der Waals surface area (Å²) >= 11 is 0. The molecule has 0 aliphatic carbocycles. The Morgan fingerprint density at radius 3 is 2.93 bits per heavy atom. The number of carbonyl (C=O) groups excluding carboxylic acids is 1. The number of pyridine rings is 1. The minimum Gasteiger partial charge on any atom is -0.323 e. The van der Waals surface area contributed by atoms with E-state index in [1.165, 1.54) is 6.21 Å². The molecule has 0 aromatic carbocycles. The molecule has 4 heteroatoms. The summed E-state index contributed by atoms with van der Waals surface area (Å²) in [4.78, 5) is 15.6. The van der Waals surface area contributed by atoms with Crippen LogP contribution in [-0.4, -0.2) is 17.0 Å². The van der Waals surface area contributed by atoms with E-state index in [0.29, 0.717) is 17.8 Å². The molecule has 0 aliphatic rings. The maximum atomic E-state index is 11.5. The van der Waals surface area contributed by atoms with Crippen molar-refractivity contribution in [3.05, 3.63) is 29.1 Å². The molecule has 0 spiro atoms. The minimum absolute atomic E-state index is 0.0368. The third-order valence-electron chi connectivity index (χ3n) is 1.91. The summed E-state index contributed by atoms with van der Waals surface area (Å²) in [5, 5.41) is 3.36. The van der Waals surface area contributed by atoms with E-state index < -0.39 is 0 Å². The summed E-state index contributed by atoms with van der Waals surface area (Å²) in [5.41, 5.74) is 1.99. The van der Waals surface area contributed by atoms with Crippen LogP contribution in [0.25, 0.3) is 0 Å². The molecule has 14 heavy (non-hydrogen) atoms. The SMILES string of the molecule is CCC(=O)c1nc(/C=N/N)ccc1C. The number of aryl methyl sites for hydroxylation is 1. The lowest BCUT2D eigenvalue weighted by Gasteiger charge is -2.02. The summed E-state index contributed by atoms with van der Waals surface area (Å²) in [7, 11) is 0. The second-order valence-electron chi connectivity index (χ2n) is 2.96. The van der Waals surface area contributed by atoms with Crippen LogP contribution in [-0.2, 0) is 0 Å². The van der Waals surface area contributed by atoms with Crippen molar-refractivity contribution >= 4 is 12.0 Å². The van der Waals surface area contributed by atoms with Gasteiger partial charge in [0.25, 0.3) is 0 Å². The third-order valence-corrected chi connectivity index (χ3v) is 1.91. The Balaban J connectivity index is 3.14. The predicted octanol–water partition coefficient (Wildman–Crippen LogP) is 1.28. The Morgan fingerprint density at radius 1 is 1.64 bits per heavy atom. The van der Waals surface area contributed by atoms with Crippen molar-refractivity contribution < 1.29 is 4.79 Å². The van der Waals surface area contributed by atoms with E-state index in [2.05, 4.69) is 10.1 Å². The number of hydrogen-bond acceptors (Lipinski definition) is 4. The van der Waals surface area contributed by atoms with E-state index in [0.717, 1.165) is 5.56 Å². The van der Waals surface area contributed by atoms with Crippen molar-refractivity contribution in [2.45, 2.75) is 20.3 Å². The summed E-state index contributed by atoms with van der Waals surface area (Å²) < 4.78 is 0. The third kappa shape index (κ3) is 2.16. The molecule has 0 amide bonds. The summed E-state index contributed by atoms with van der Waals surface area (Å²) in [6, 6.07) is 3.62. The highest BCUT2D eigenvalue weighted by Crippen LogP contribution is 2.08. The Bertz CT molecular complexity index is 372. The van der Waals surface area contributed by atoms with E-state index >= 15 is 0 Å². The van der Waals surface area contributed by atoms with Crippen molar-refractivity contribution in [3.63, 3.8) is 0 Å². The molecule has 1 aromatic rings. The maximum absolute atomic E-state index is 11.5. The highest BCUT2D eigenvalue weighted by atomic mass is 16.1. The number of rotatable bonds is 3. The van der Waals surface area contributed by atoms with Gasteiger partial charge in [0.05, 0.1) is 11.9 Å². The largest absolute Gasteiger partial charge is 0.323 e. The topological polar surface area (TPSA) is 68.3 Å². The van der Waals surface area contributed by atoms with Crippen LogP contribution in [0.15, 0.2) is 17.2 Å². The predicted molar refractivity (Wildman–Crippen MR) is 55.4 cm³/mol. The Kier molecular flexibility index (Phi) is 3.34. The van der Waals surface area contributed by atoms with Crippen LogP contribution in [0, 0.1) is 6.92 Å². The van der Waals surface area contributed by atoms with Gasteiger partial charge in [-0.15, -0.1) is 0 Å². The highest BCUT2D eigenvalue weighted by molar-refractivity contribution is 5.96. The molecule has 1 aromatic heterocycles. The van der Waals surface area contributed by atoms with Gasteiger partial charge in [-0.1, -0.05) is 13.0 Å². The van der Waals surface area contributed by atoms with Gasteiger partial charge in [0.15, 0.2) is 5.78 Å². The summed E-state index contributed by atoms with van der Waals surface area (Å²) in [5.74, 6) is 5.04. The number of Topliss-reactive ketones (excluding diaryl/α,β-unsaturated/α-hetero) is 1. The molecule has 0 bridgehead atoms. The first-order chi connectivity index (χ1) is 6.69. The van der Waals surface area contributed by atoms with Gasteiger partial charge in [0.1, 0.15) is 5.69 Å². The monoisotopic (exact) mass is 191 g/mol. The lowest BCUT2D eigenvalue weighted by molar-refractivity contribution is 0.0982. The molecule has 0 saturated heterocycles. The van der Waals surface area contributed by atoms with Crippen molar-refractivity contribution in [2.75, 3.05) is 0 Å². The number of hydrogen-bond donors (Lipinski definition) is 1. The summed E-state index contributed by atoms with van der Waals surface area (Å²) in [6.45, 7) is 3.67. The molecule has 0 radical (unpaired) electrons. The quantitative estimate of drug-likeness (QED) is 0.338. The Hall–Kier alpha value is -1.71. The van der Waals surface area contributed by atoms with Crippen LogP contribution in [0.2, 0.25) is 0 Å². The zero-order valence-corrected chi connectivity index (χ0v) is 8.32. The molecular weight excluding hydrogens is 178 g/mol. The smallest absolute Gasteiger partial charge is 0.181 e. The molecule has 0 saturated carbocycles. The molecule has 0 atom stereocenters. The fourth-order valence-electron chi connectivity index (χ4n) is 1.14. The van der Waals surface area contributed by atoms with Crippen LogP contribution in [0.5, 0.6) is 0 Å². The van der Waals surface area contributed by atoms with E-state index in [4.69, 9.17) is 5.84 Å². The standard InChI is InChI=1S/C10H13N3O/c1-3-9(14)10-7(2)4-5-8(13-10)6-12-11/h4-6H,3,11H2,1-2H3/b12-6+. The zero-order chi connectivity index (χ0) is 10.6. The summed E-state index contributed by atoms with van der Waals surface area (Å²) in [6.07, 6.45) is 1.88. The molecule has 2 N–H and O–H groups in total. The Labute approximate surface area is 82.8 Å². The minimum atomic E-state index is 0.0368. The lowest BCUT2D eigenvalue weighted by Crippen LogP contribution is -2.05. The molecule has 4 nitrogen and oxygen atoms in total.